The molecular formula is C14H18ClN5O2. The van der Waals surface area contributed by atoms with Crippen molar-refractivity contribution in [2.24, 2.45) is 0 Å². The van der Waals surface area contributed by atoms with Gasteiger partial charge in [0.15, 0.2) is 17.3 Å². The molecule has 0 saturated carbocycles. The van der Waals surface area contributed by atoms with Crippen molar-refractivity contribution < 1.29 is 9.90 Å². The fourth-order valence-electron chi connectivity index (χ4n) is 2.39. The van der Waals surface area contributed by atoms with E-state index in [1.165, 1.54) is 12.3 Å². The Labute approximate surface area is 134 Å². The molecule has 3 heterocycles. The molecule has 1 fully saturated rings. The van der Waals surface area contributed by atoms with Gasteiger partial charge >= 0.3 is 0 Å². The lowest BCUT2D eigenvalue weighted by Gasteiger charge is -2.22. The highest BCUT2D eigenvalue weighted by molar-refractivity contribution is 6.02. The number of piperidine rings is 1. The number of aromatic nitrogens is 3. The average Bonchev–Trinajstić information content (AvgIpc) is 3.00. The van der Waals surface area contributed by atoms with Crippen LogP contribution in [0.5, 0.6) is 5.75 Å². The van der Waals surface area contributed by atoms with Crippen LogP contribution < -0.4 is 10.6 Å². The summed E-state index contributed by atoms with van der Waals surface area (Å²) in [6.07, 6.45) is 5.47. The Morgan fingerprint density at radius 2 is 2.32 bits per heavy atom. The molecule has 1 unspecified atom stereocenters. The standard InChI is InChI=1S/C14H17N5O2.ClH/c20-12-4-2-7-16-13(12)17-14(21)11-5-8-19(18-11)10-3-1-6-15-9-10;/h2,4-5,7-8,10,15,20H,1,3,6,9H2,(H,16,17,21);1H. The van der Waals surface area contributed by atoms with Gasteiger partial charge in [-0.3, -0.25) is 9.48 Å². The molecule has 1 aliphatic rings. The van der Waals surface area contributed by atoms with E-state index in [4.69, 9.17) is 0 Å². The van der Waals surface area contributed by atoms with E-state index in [0.29, 0.717) is 5.69 Å². The van der Waals surface area contributed by atoms with Crippen molar-refractivity contribution in [2.75, 3.05) is 18.4 Å². The van der Waals surface area contributed by atoms with Crippen molar-refractivity contribution >= 4 is 24.1 Å². The predicted molar refractivity (Wildman–Crippen MR) is 84.5 cm³/mol. The highest BCUT2D eigenvalue weighted by Crippen LogP contribution is 2.19. The molecule has 0 spiro atoms. The van der Waals surface area contributed by atoms with Crippen LogP contribution in [0.3, 0.4) is 0 Å². The minimum absolute atomic E-state index is 0. The number of aromatic hydroxyl groups is 1. The van der Waals surface area contributed by atoms with Crippen LogP contribution in [0.4, 0.5) is 5.82 Å². The van der Waals surface area contributed by atoms with E-state index in [1.54, 1.807) is 12.1 Å². The monoisotopic (exact) mass is 323 g/mol. The zero-order chi connectivity index (χ0) is 14.7. The van der Waals surface area contributed by atoms with Gasteiger partial charge < -0.3 is 15.7 Å². The minimum atomic E-state index is -0.383. The quantitative estimate of drug-likeness (QED) is 0.797. The zero-order valence-electron chi connectivity index (χ0n) is 11.9. The summed E-state index contributed by atoms with van der Waals surface area (Å²) in [7, 11) is 0. The molecule has 0 aromatic carbocycles. The molecule has 2 aromatic heterocycles. The van der Waals surface area contributed by atoms with Gasteiger partial charge in [-0.05, 0) is 37.6 Å². The SMILES string of the molecule is Cl.O=C(Nc1ncccc1O)c1ccn(C2CCCNC2)n1. The van der Waals surface area contributed by atoms with Crippen LogP contribution in [0.25, 0.3) is 0 Å². The smallest absolute Gasteiger partial charge is 0.277 e. The van der Waals surface area contributed by atoms with Crippen LogP contribution in [0.1, 0.15) is 29.4 Å². The van der Waals surface area contributed by atoms with Crippen LogP contribution in [-0.2, 0) is 0 Å². The van der Waals surface area contributed by atoms with Crippen molar-refractivity contribution in [2.45, 2.75) is 18.9 Å². The van der Waals surface area contributed by atoms with E-state index in [0.717, 1.165) is 25.9 Å². The third kappa shape index (κ3) is 3.55. The summed E-state index contributed by atoms with van der Waals surface area (Å²) >= 11 is 0. The maximum Gasteiger partial charge on any atom is 0.277 e. The second-order valence-electron chi connectivity index (χ2n) is 5.01. The summed E-state index contributed by atoms with van der Waals surface area (Å²) in [5.41, 5.74) is 0.311. The van der Waals surface area contributed by atoms with Crippen LogP contribution in [0.2, 0.25) is 0 Å². The first-order chi connectivity index (χ1) is 10.2. The molecule has 0 radical (unpaired) electrons. The van der Waals surface area contributed by atoms with E-state index in [-0.39, 0.29) is 35.9 Å². The van der Waals surface area contributed by atoms with Crippen molar-refractivity contribution in [1.29, 1.82) is 0 Å². The van der Waals surface area contributed by atoms with Gasteiger partial charge in [-0.15, -0.1) is 12.4 Å². The molecule has 1 atom stereocenters. The number of rotatable bonds is 3. The minimum Gasteiger partial charge on any atom is -0.504 e. The number of anilines is 1. The Kier molecular flexibility index (Phi) is 5.35. The number of nitrogens with zero attached hydrogens (tertiary/aromatic N) is 3. The summed E-state index contributed by atoms with van der Waals surface area (Å²) in [5, 5.41) is 19.8. The van der Waals surface area contributed by atoms with Gasteiger partial charge in [-0.25, -0.2) is 4.98 Å². The van der Waals surface area contributed by atoms with Gasteiger partial charge in [0.25, 0.3) is 5.91 Å². The number of hydrogen-bond donors (Lipinski definition) is 3. The second-order valence-corrected chi connectivity index (χ2v) is 5.01. The molecule has 3 N–H and O–H groups in total. The molecule has 3 rings (SSSR count). The van der Waals surface area contributed by atoms with Crippen molar-refractivity contribution in [1.82, 2.24) is 20.1 Å². The topological polar surface area (TPSA) is 92.1 Å². The summed E-state index contributed by atoms with van der Waals surface area (Å²) in [4.78, 5) is 16.0. The fraction of sp³-hybridized carbons (Fsp3) is 0.357. The Morgan fingerprint density at radius 1 is 1.45 bits per heavy atom. The third-order valence-corrected chi connectivity index (χ3v) is 3.50. The number of carbonyl (C=O) groups excluding carboxylic acids is 1. The van der Waals surface area contributed by atoms with Crippen LogP contribution >= 0.6 is 12.4 Å². The first-order valence-corrected chi connectivity index (χ1v) is 6.95. The van der Waals surface area contributed by atoms with Crippen LogP contribution in [-0.4, -0.2) is 38.9 Å². The Bertz CT molecular complexity index is 640. The molecule has 8 heteroatoms. The van der Waals surface area contributed by atoms with Crippen molar-refractivity contribution in [3.8, 4) is 5.75 Å². The predicted octanol–water partition coefficient (Wildman–Crippen LogP) is 1.58. The van der Waals surface area contributed by atoms with Gasteiger partial charge in [0.05, 0.1) is 6.04 Å². The Morgan fingerprint density at radius 3 is 3.05 bits per heavy atom. The van der Waals surface area contributed by atoms with Crippen LogP contribution in [0, 0.1) is 0 Å². The maximum atomic E-state index is 12.1. The largest absolute Gasteiger partial charge is 0.504 e. The Balaban J connectivity index is 0.00000176. The lowest BCUT2D eigenvalue weighted by Crippen LogP contribution is -2.32. The third-order valence-electron chi connectivity index (χ3n) is 3.50. The molecule has 1 saturated heterocycles. The number of nitrogens with one attached hydrogen (secondary N) is 2. The normalized spacial score (nSPS) is 17.5. The molecular weight excluding hydrogens is 306 g/mol. The van der Waals surface area contributed by atoms with Gasteiger partial charge in [-0.2, -0.15) is 5.10 Å². The number of amides is 1. The number of pyridine rings is 1. The van der Waals surface area contributed by atoms with Crippen LogP contribution in [0.15, 0.2) is 30.6 Å². The first kappa shape index (κ1) is 16.3. The molecule has 0 bridgehead atoms. The summed E-state index contributed by atoms with van der Waals surface area (Å²) in [6.45, 7) is 1.90. The lowest BCUT2D eigenvalue weighted by atomic mass is 10.1. The second kappa shape index (κ2) is 7.24. The zero-order valence-corrected chi connectivity index (χ0v) is 12.7. The average molecular weight is 324 g/mol. The van der Waals surface area contributed by atoms with Gasteiger partial charge in [0, 0.05) is 18.9 Å². The maximum absolute atomic E-state index is 12.1. The van der Waals surface area contributed by atoms with Gasteiger partial charge in [0.1, 0.15) is 0 Å². The van der Waals surface area contributed by atoms with E-state index in [1.807, 2.05) is 10.9 Å². The first-order valence-electron chi connectivity index (χ1n) is 6.95. The fourth-order valence-corrected chi connectivity index (χ4v) is 2.39. The van der Waals surface area contributed by atoms with Gasteiger partial charge in [-0.1, -0.05) is 0 Å². The number of hydrogen-bond acceptors (Lipinski definition) is 5. The van der Waals surface area contributed by atoms with E-state index < -0.39 is 0 Å². The molecule has 1 aliphatic heterocycles. The molecule has 2 aromatic rings. The lowest BCUT2D eigenvalue weighted by molar-refractivity contribution is 0.102. The summed E-state index contributed by atoms with van der Waals surface area (Å²) in [6, 6.07) is 5.01. The molecule has 7 nitrogen and oxygen atoms in total. The summed E-state index contributed by atoms with van der Waals surface area (Å²) in [5.74, 6) is -0.315. The van der Waals surface area contributed by atoms with E-state index >= 15 is 0 Å². The Hall–Kier alpha value is -2.12. The highest BCUT2D eigenvalue weighted by atomic mass is 35.5. The molecule has 22 heavy (non-hydrogen) atoms. The summed E-state index contributed by atoms with van der Waals surface area (Å²) < 4.78 is 1.82. The molecule has 118 valence electrons. The number of halogens is 1. The molecule has 1 amide bonds. The van der Waals surface area contributed by atoms with Gasteiger partial charge in [0.2, 0.25) is 0 Å². The van der Waals surface area contributed by atoms with E-state index in [2.05, 4.69) is 20.7 Å². The molecule has 0 aliphatic carbocycles. The number of carbonyl (C=O) groups is 1. The highest BCUT2D eigenvalue weighted by Gasteiger charge is 2.18. The van der Waals surface area contributed by atoms with Crippen molar-refractivity contribution in [3.05, 3.63) is 36.3 Å². The van der Waals surface area contributed by atoms with Crippen molar-refractivity contribution in [3.63, 3.8) is 0 Å². The van der Waals surface area contributed by atoms with E-state index in [9.17, 15) is 9.90 Å².